The number of nitro groups is 1. The van der Waals surface area contributed by atoms with E-state index in [4.69, 9.17) is 0 Å². The van der Waals surface area contributed by atoms with Gasteiger partial charge in [0, 0.05) is 18.7 Å². The second-order valence-electron chi connectivity index (χ2n) is 5.16. The fourth-order valence-corrected chi connectivity index (χ4v) is 2.83. The normalized spacial score (nSPS) is 22.4. The molecule has 7 heteroatoms. The number of nitrogens with one attached hydrogen (secondary N) is 1. The zero-order valence-corrected chi connectivity index (χ0v) is 12.3. The molecule has 1 aromatic rings. The number of amides is 1. The van der Waals surface area contributed by atoms with Crippen molar-refractivity contribution in [3.8, 4) is 0 Å². The fourth-order valence-electron chi connectivity index (χ4n) is 2.43. The number of rotatable bonds is 4. The summed E-state index contributed by atoms with van der Waals surface area (Å²) in [5.74, 6) is 0.00789. The molecule has 0 spiro atoms. The van der Waals surface area contributed by atoms with Crippen molar-refractivity contribution in [1.82, 2.24) is 5.32 Å². The van der Waals surface area contributed by atoms with Gasteiger partial charge in [-0.1, -0.05) is 0 Å². The van der Waals surface area contributed by atoms with Crippen LogP contribution in [0.4, 0.5) is 11.4 Å². The quantitative estimate of drug-likeness (QED) is 0.674. The van der Waals surface area contributed by atoms with Crippen LogP contribution in [0.2, 0.25) is 0 Å². The molecule has 0 bridgehead atoms. The van der Waals surface area contributed by atoms with Crippen molar-refractivity contribution >= 4 is 33.2 Å². The average molecular weight is 340 g/mol. The Kier molecular flexibility index (Phi) is 3.47. The summed E-state index contributed by atoms with van der Waals surface area (Å²) < 4.78 is 0.422. The van der Waals surface area contributed by atoms with Gasteiger partial charge in [-0.3, -0.25) is 14.9 Å². The number of carbonyl (C=O) groups is 1. The molecule has 20 heavy (non-hydrogen) atoms. The molecule has 1 heterocycles. The summed E-state index contributed by atoms with van der Waals surface area (Å²) in [7, 11) is 0. The largest absolute Gasteiger partial charge is 0.311 e. The second-order valence-corrected chi connectivity index (χ2v) is 6.02. The lowest BCUT2D eigenvalue weighted by molar-refractivity contribution is -0.385. The van der Waals surface area contributed by atoms with Crippen LogP contribution in [0, 0.1) is 10.1 Å². The van der Waals surface area contributed by atoms with Crippen LogP contribution in [0.3, 0.4) is 0 Å². The van der Waals surface area contributed by atoms with Crippen LogP contribution in [0.1, 0.15) is 19.3 Å². The number of halogens is 1. The lowest BCUT2D eigenvalue weighted by Crippen LogP contribution is -2.39. The van der Waals surface area contributed by atoms with E-state index in [9.17, 15) is 14.9 Å². The first kappa shape index (κ1) is 13.5. The molecule has 1 saturated carbocycles. The molecule has 2 fully saturated rings. The van der Waals surface area contributed by atoms with Crippen molar-refractivity contribution in [2.45, 2.75) is 31.3 Å². The molecular weight excluding hydrogens is 326 g/mol. The minimum atomic E-state index is -0.450. The molecule has 1 N–H and O–H groups in total. The number of anilines is 1. The molecule has 0 radical (unpaired) electrons. The Hall–Kier alpha value is -1.47. The van der Waals surface area contributed by atoms with E-state index in [2.05, 4.69) is 21.2 Å². The molecule has 0 aromatic heterocycles. The predicted molar refractivity (Wildman–Crippen MR) is 77.7 cm³/mol. The topological polar surface area (TPSA) is 75.5 Å². The van der Waals surface area contributed by atoms with Gasteiger partial charge in [0.15, 0.2) is 0 Å². The predicted octanol–water partition coefficient (Wildman–Crippen LogP) is 2.21. The smallest absolute Gasteiger partial charge is 0.285 e. The number of hydrogen-bond acceptors (Lipinski definition) is 4. The fraction of sp³-hybridized carbons (Fsp3) is 0.462. The summed E-state index contributed by atoms with van der Waals surface area (Å²) in [5.41, 5.74) is 0.568. The third kappa shape index (κ3) is 2.55. The summed E-state index contributed by atoms with van der Waals surface area (Å²) in [6.45, 7) is 0.599. The van der Waals surface area contributed by atoms with Gasteiger partial charge in [0.05, 0.1) is 21.1 Å². The Morgan fingerprint density at radius 2 is 2.10 bits per heavy atom. The third-order valence-corrected chi connectivity index (χ3v) is 4.33. The van der Waals surface area contributed by atoms with E-state index in [1.165, 1.54) is 6.07 Å². The maximum absolute atomic E-state index is 12.3. The number of hydrogen-bond donors (Lipinski definition) is 1. The van der Waals surface area contributed by atoms with Gasteiger partial charge in [0.1, 0.15) is 0 Å². The monoisotopic (exact) mass is 339 g/mol. The van der Waals surface area contributed by atoms with E-state index in [1.54, 1.807) is 17.0 Å². The van der Waals surface area contributed by atoms with Crippen LogP contribution >= 0.6 is 15.9 Å². The van der Waals surface area contributed by atoms with Gasteiger partial charge in [-0.05, 0) is 47.3 Å². The highest BCUT2D eigenvalue weighted by Crippen LogP contribution is 2.32. The van der Waals surface area contributed by atoms with Crippen LogP contribution in [0.25, 0.3) is 0 Å². The van der Waals surface area contributed by atoms with Crippen molar-refractivity contribution in [2.75, 3.05) is 11.4 Å². The van der Waals surface area contributed by atoms with Gasteiger partial charge in [0.2, 0.25) is 5.91 Å². The molecule has 1 aliphatic carbocycles. The summed E-state index contributed by atoms with van der Waals surface area (Å²) in [6, 6.07) is 5.12. The molecule has 1 amide bonds. The van der Waals surface area contributed by atoms with Crippen LogP contribution in [0.15, 0.2) is 22.7 Å². The molecule has 1 atom stereocenters. The Morgan fingerprint density at radius 1 is 1.35 bits per heavy atom. The van der Waals surface area contributed by atoms with Gasteiger partial charge < -0.3 is 10.2 Å². The van der Waals surface area contributed by atoms with Crippen LogP contribution in [-0.4, -0.2) is 29.5 Å². The Bertz CT molecular complexity index is 574. The number of nitrogens with zero attached hydrogens (tertiary/aromatic N) is 2. The van der Waals surface area contributed by atoms with Crippen LogP contribution in [0.5, 0.6) is 0 Å². The van der Waals surface area contributed by atoms with Crippen molar-refractivity contribution < 1.29 is 9.72 Å². The number of nitro benzene ring substituents is 1. The van der Waals surface area contributed by atoms with Gasteiger partial charge in [0.25, 0.3) is 5.69 Å². The van der Waals surface area contributed by atoms with E-state index < -0.39 is 4.92 Å². The van der Waals surface area contributed by atoms with Gasteiger partial charge >= 0.3 is 0 Å². The molecule has 1 aliphatic heterocycles. The van der Waals surface area contributed by atoms with Crippen molar-refractivity contribution in [3.05, 3.63) is 32.8 Å². The summed E-state index contributed by atoms with van der Waals surface area (Å²) >= 11 is 3.15. The minimum Gasteiger partial charge on any atom is -0.311 e. The van der Waals surface area contributed by atoms with E-state index in [0.717, 1.165) is 19.3 Å². The van der Waals surface area contributed by atoms with E-state index in [1.807, 2.05) is 0 Å². The Morgan fingerprint density at radius 3 is 2.75 bits per heavy atom. The lowest BCUT2D eigenvalue weighted by atomic mass is 10.2. The maximum Gasteiger partial charge on any atom is 0.285 e. The van der Waals surface area contributed by atoms with E-state index in [0.29, 0.717) is 22.7 Å². The molecule has 3 rings (SSSR count). The van der Waals surface area contributed by atoms with E-state index in [-0.39, 0.29) is 17.6 Å². The molecule has 6 nitrogen and oxygen atoms in total. The highest BCUT2D eigenvalue weighted by molar-refractivity contribution is 9.10. The molecule has 1 saturated heterocycles. The zero-order valence-electron chi connectivity index (χ0n) is 10.7. The molecule has 1 aromatic carbocycles. The van der Waals surface area contributed by atoms with Gasteiger partial charge in [-0.15, -0.1) is 0 Å². The first-order valence-corrected chi connectivity index (χ1v) is 7.37. The standard InChI is InChI=1S/C13H14BrN3O3/c14-10-4-3-9(7-12(10)17(19)20)16-6-5-11(13(16)18)15-8-1-2-8/h3-4,7-8,11,15H,1-2,5-6H2. The first-order chi connectivity index (χ1) is 9.56. The second kappa shape index (κ2) is 5.14. The highest BCUT2D eigenvalue weighted by atomic mass is 79.9. The van der Waals surface area contributed by atoms with Crippen molar-refractivity contribution in [2.24, 2.45) is 0 Å². The zero-order chi connectivity index (χ0) is 14.3. The molecule has 106 valence electrons. The highest BCUT2D eigenvalue weighted by Gasteiger charge is 2.36. The van der Waals surface area contributed by atoms with E-state index >= 15 is 0 Å². The molecule has 1 unspecified atom stereocenters. The number of carbonyl (C=O) groups excluding carboxylic acids is 1. The molecule has 2 aliphatic rings. The molecular formula is C13H14BrN3O3. The van der Waals surface area contributed by atoms with Crippen molar-refractivity contribution in [3.63, 3.8) is 0 Å². The SMILES string of the molecule is O=C1C(NC2CC2)CCN1c1ccc(Br)c([N+](=O)[O-])c1. The average Bonchev–Trinajstić information content (AvgIpc) is 3.15. The summed E-state index contributed by atoms with van der Waals surface area (Å²) in [6.07, 6.45) is 3.01. The summed E-state index contributed by atoms with van der Waals surface area (Å²) in [5, 5.41) is 14.3. The van der Waals surface area contributed by atoms with Gasteiger partial charge in [-0.25, -0.2) is 0 Å². The minimum absolute atomic E-state index is 0.00789. The van der Waals surface area contributed by atoms with Crippen LogP contribution in [-0.2, 0) is 4.79 Å². The summed E-state index contributed by atoms with van der Waals surface area (Å²) in [4.78, 5) is 24.4. The third-order valence-electron chi connectivity index (χ3n) is 3.66. The van der Waals surface area contributed by atoms with Crippen molar-refractivity contribution in [1.29, 1.82) is 0 Å². The van der Waals surface area contributed by atoms with Gasteiger partial charge in [-0.2, -0.15) is 0 Å². The maximum atomic E-state index is 12.3. The lowest BCUT2D eigenvalue weighted by Gasteiger charge is -2.17. The number of benzene rings is 1. The first-order valence-electron chi connectivity index (χ1n) is 6.57. The van der Waals surface area contributed by atoms with Crippen LogP contribution < -0.4 is 10.2 Å². The Labute approximate surface area is 124 Å². The Balaban J connectivity index is 1.80.